The van der Waals surface area contributed by atoms with Crippen molar-refractivity contribution in [3.63, 3.8) is 0 Å². The highest BCUT2D eigenvalue weighted by atomic mass is 79.9. The molecule has 0 spiro atoms. The Balaban J connectivity index is 1.99. The average molecular weight is 367 g/mol. The molecule has 0 aliphatic carbocycles. The van der Waals surface area contributed by atoms with E-state index >= 15 is 0 Å². The van der Waals surface area contributed by atoms with Gasteiger partial charge in [0.05, 0.1) is 12.1 Å². The first kappa shape index (κ1) is 16.0. The first-order valence-corrected chi connectivity index (χ1v) is 7.05. The maximum absolute atomic E-state index is 12.3. The standard InChI is InChI=1S/C12H14BrF3N4O/c13-8-5-9(10(17)18-6-8)11(21)20-3-1-19(2-4-20)7-12(14,15)16/h5-6H,1-4,7H2,(H2,17,18). The molecule has 9 heteroatoms. The predicted octanol–water partition coefficient (Wildman–Crippen LogP) is 1.75. The fraction of sp³-hybridized carbons (Fsp3) is 0.500. The van der Waals surface area contributed by atoms with Crippen molar-refractivity contribution in [3.8, 4) is 0 Å². The molecule has 1 aliphatic rings. The molecule has 0 atom stereocenters. The predicted molar refractivity (Wildman–Crippen MR) is 74.7 cm³/mol. The van der Waals surface area contributed by atoms with Crippen molar-refractivity contribution in [3.05, 3.63) is 22.3 Å². The number of alkyl halides is 3. The lowest BCUT2D eigenvalue weighted by Gasteiger charge is -2.35. The van der Waals surface area contributed by atoms with Crippen molar-refractivity contribution in [1.82, 2.24) is 14.8 Å². The fourth-order valence-electron chi connectivity index (χ4n) is 2.15. The van der Waals surface area contributed by atoms with Gasteiger partial charge in [-0.25, -0.2) is 4.98 Å². The van der Waals surface area contributed by atoms with Crippen LogP contribution in [0.4, 0.5) is 19.0 Å². The van der Waals surface area contributed by atoms with Crippen LogP contribution in [0.15, 0.2) is 16.7 Å². The van der Waals surface area contributed by atoms with E-state index < -0.39 is 12.7 Å². The maximum Gasteiger partial charge on any atom is 0.401 e. The number of anilines is 1. The van der Waals surface area contributed by atoms with E-state index in [0.29, 0.717) is 4.47 Å². The van der Waals surface area contributed by atoms with E-state index in [1.54, 1.807) is 6.07 Å². The minimum absolute atomic E-state index is 0.112. The number of hydrogen-bond donors (Lipinski definition) is 1. The number of carbonyl (C=O) groups is 1. The van der Waals surface area contributed by atoms with Gasteiger partial charge < -0.3 is 10.6 Å². The van der Waals surface area contributed by atoms with Crippen molar-refractivity contribution >= 4 is 27.7 Å². The van der Waals surface area contributed by atoms with Crippen LogP contribution < -0.4 is 5.73 Å². The Labute approximate surface area is 128 Å². The van der Waals surface area contributed by atoms with Crippen molar-refractivity contribution in [2.75, 3.05) is 38.5 Å². The van der Waals surface area contributed by atoms with Crippen LogP contribution in [-0.2, 0) is 0 Å². The number of carbonyl (C=O) groups excluding carboxylic acids is 1. The second-order valence-corrected chi connectivity index (χ2v) is 5.69. The molecule has 1 fully saturated rings. The quantitative estimate of drug-likeness (QED) is 0.865. The Morgan fingerprint density at radius 2 is 1.95 bits per heavy atom. The highest BCUT2D eigenvalue weighted by molar-refractivity contribution is 9.10. The molecule has 1 aliphatic heterocycles. The van der Waals surface area contributed by atoms with Crippen molar-refractivity contribution in [2.45, 2.75) is 6.18 Å². The molecule has 0 saturated carbocycles. The van der Waals surface area contributed by atoms with Gasteiger partial charge in [0.15, 0.2) is 0 Å². The summed E-state index contributed by atoms with van der Waals surface area (Å²) in [6.45, 7) is -0.101. The van der Waals surface area contributed by atoms with Gasteiger partial charge in [0.2, 0.25) is 0 Å². The summed E-state index contributed by atoms with van der Waals surface area (Å²) in [5.74, 6) is -0.200. The first-order valence-electron chi connectivity index (χ1n) is 6.25. The number of pyridine rings is 1. The number of nitrogens with two attached hydrogens (primary N) is 1. The van der Waals surface area contributed by atoms with Crippen LogP contribution in [0.25, 0.3) is 0 Å². The second-order valence-electron chi connectivity index (χ2n) is 4.77. The number of amides is 1. The van der Waals surface area contributed by atoms with Gasteiger partial charge in [-0.3, -0.25) is 9.69 Å². The Kier molecular flexibility index (Phi) is 4.72. The van der Waals surface area contributed by atoms with Crippen LogP contribution >= 0.6 is 15.9 Å². The molecular formula is C12H14BrF3N4O. The number of piperazine rings is 1. The highest BCUT2D eigenvalue weighted by Crippen LogP contribution is 2.20. The van der Waals surface area contributed by atoms with E-state index in [9.17, 15) is 18.0 Å². The largest absolute Gasteiger partial charge is 0.401 e. The first-order chi connectivity index (χ1) is 9.76. The molecule has 5 nitrogen and oxygen atoms in total. The number of rotatable bonds is 2. The molecule has 116 valence electrons. The molecule has 1 aromatic heterocycles. The van der Waals surface area contributed by atoms with E-state index in [1.807, 2.05) is 0 Å². The number of nitrogens with zero attached hydrogens (tertiary/aromatic N) is 3. The van der Waals surface area contributed by atoms with E-state index in [-0.39, 0.29) is 43.5 Å². The normalized spacial score (nSPS) is 17.0. The third-order valence-electron chi connectivity index (χ3n) is 3.18. The lowest BCUT2D eigenvalue weighted by atomic mass is 10.2. The molecule has 2 heterocycles. The van der Waals surface area contributed by atoms with Gasteiger partial charge in [0, 0.05) is 36.8 Å². The average Bonchev–Trinajstić information content (AvgIpc) is 2.40. The Hall–Kier alpha value is -1.35. The Morgan fingerprint density at radius 1 is 1.33 bits per heavy atom. The zero-order valence-corrected chi connectivity index (χ0v) is 12.6. The smallest absolute Gasteiger partial charge is 0.383 e. The summed E-state index contributed by atoms with van der Waals surface area (Å²) >= 11 is 3.21. The number of aromatic nitrogens is 1. The summed E-state index contributed by atoms with van der Waals surface area (Å²) in [6.07, 6.45) is -2.74. The summed E-state index contributed by atoms with van der Waals surface area (Å²) < 4.78 is 37.5. The third-order valence-corrected chi connectivity index (χ3v) is 3.61. The number of hydrogen-bond acceptors (Lipinski definition) is 4. The van der Waals surface area contributed by atoms with Gasteiger partial charge in [0.1, 0.15) is 5.82 Å². The van der Waals surface area contributed by atoms with Crippen molar-refractivity contribution < 1.29 is 18.0 Å². The molecule has 1 amide bonds. The zero-order chi connectivity index (χ0) is 15.6. The number of halogens is 4. The fourth-order valence-corrected chi connectivity index (χ4v) is 2.49. The molecule has 0 unspecified atom stereocenters. The molecule has 0 aromatic carbocycles. The van der Waals surface area contributed by atoms with E-state index in [2.05, 4.69) is 20.9 Å². The summed E-state index contributed by atoms with van der Waals surface area (Å²) in [5, 5.41) is 0. The van der Waals surface area contributed by atoms with E-state index in [1.165, 1.54) is 16.0 Å². The van der Waals surface area contributed by atoms with Gasteiger partial charge >= 0.3 is 6.18 Å². The summed E-state index contributed by atoms with van der Waals surface area (Å²) in [5.41, 5.74) is 5.93. The Bertz CT molecular complexity index is 530. The highest BCUT2D eigenvalue weighted by Gasteiger charge is 2.33. The monoisotopic (exact) mass is 366 g/mol. The zero-order valence-electron chi connectivity index (χ0n) is 11.0. The van der Waals surface area contributed by atoms with Crippen LogP contribution in [0, 0.1) is 0 Å². The van der Waals surface area contributed by atoms with Gasteiger partial charge in [-0.1, -0.05) is 0 Å². The molecule has 0 bridgehead atoms. The van der Waals surface area contributed by atoms with Crippen LogP contribution in [0.5, 0.6) is 0 Å². The van der Waals surface area contributed by atoms with Gasteiger partial charge in [0.25, 0.3) is 5.91 Å². The van der Waals surface area contributed by atoms with Crippen LogP contribution in [0.1, 0.15) is 10.4 Å². The Morgan fingerprint density at radius 3 is 2.52 bits per heavy atom. The summed E-state index contributed by atoms with van der Waals surface area (Å²) in [7, 11) is 0. The molecule has 0 radical (unpaired) electrons. The topological polar surface area (TPSA) is 62.5 Å². The molecule has 2 rings (SSSR count). The van der Waals surface area contributed by atoms with Crippen molar-refractivity contribution in [1.29, 1.82) is 0 Å². The minimum Gasteiger partial charge on any atom is -0.383 e. The van der Waals surface area contributed by atoms with Gasteiger partial charge in [-0.15, -0.1) is 0 Å². The maximum atomic E-state index is 12.3. The van der Waals surface area contributed by atoms with Gasteiger partial charge in [-0.2, -0.15) is 13.2 Å². The molecular weight excluding hydrogens is 353 g/mol. The number of nitrogen functional groups attached to an aromatic ring is 1. The van der Waals surface area contributed by atoms with Gasteiger partial charge in [-0.05, 0) is 22.0 Å². The molecule has 21 heavy (non-hydrogen) atoms. The van der Waals surface area contributed by atoms with Crippen LogP contribution in [-0.4, -0.2) is 59.6 Å². The minimum atomic E-state index is -4.22. The van der Waals surface area contributed by atoms with E-state index in [0.717, 1.165) is 0 Å². The molecule has 2 N–H and O–H groups in total. The SMILES string of the molecule is Nc1ncc(Br)cc1C(=O)N1CCN(CC(F)(F)F)CC1. The van der Waals surface area contributed by atoms with Crippen LogP contribution in [0.2, 0.25) is 0 Å². The van der Waals surface area contributed by atoms with Crippen molar-refractivity contribution in [2.24, 2.45) is 0 Å². The lowest BCUT2D eigenvalue weighted by molar-refractivity contribution is -0.148. The summed E-state index contributed by atoms with van der Waals surface area (Å²) in [4.78, 5) is 19.0. The van der Waals surface area contributed by atoms with Crippen LogP contribution in [0.3, 0.4) is 0 Å². The van der Waals surface area contributed by atoms with E-state index in [4.69, 9.17) is 5.73 Å². The molecule has 1 aromatic rings. The molecule has 1 saturated heterocycles. The lowest BCUT2D eigenvalue weighted by Crippen LogP contribution is -2.51. The summed E-state index contributed by atoms with van der Waals surface area (Å²) in [6, 6.07) is 1.56. The second kappa shape index (κ2) is 6.18. The third kappa shape index (κ3) is 4.31.